The Hall–Kier alpha value is -0.180. The van der Waals surface area contributed by atoms with Crippen LogP contribution in [0.3, 0.4) is 0 Å². The van der Waals surface area contributed by atoms with Crippen molar-refractivity contribution in [2.24, 2.45) is 0 Å². The Morgan fingerprint density at radius 3 is 2.86 bits per heavy atom. The van der Waals surface area contributed by atoms with Gasteiger partial charge in [-0.3, -0.25) is 0 Å². The molecule has 74 valence electrons. The monoisotopic (exact) mass is 242 g/mol. The van der Waals surface area contributed by atoms with E-state index in [0.29, 0.717) is 0 Å². The number of hydrogen-bond donors (Lipinski definition) is 0. The topological polar surface area (TPSA) is 0 Å². The van der Waals surface area contributed by atoms with Crippen LogP contribution in [0.25, 0.3) is 10.1 Å². The first-order chi connectivity index (χ1) is 6.76. The average Bonchev–Trinajstić information content (AvgIpc) is 2.62. The predicted molar refractivity (Wildman–Crippen MR) is 68.0 cm³/mol. The van der Waals surface area contributed by atoms with Crippen molar-refractivity contribution >= 4 is 44.8 Å². The van der Waals surface area contributed by atoms with Crippen molar-refractivity contribution in [3.63, 3.8) is 0 Å². The zero-order valence-electron chi connectivity index (χ0n) is 8.13. The maximum atomic E-state index is 6.31. The molecule has 0 spiro atoms. The normalized spacial score (nSPS) is 11.1. The van der Waals surface area contributed by atoms with E-state index >= 15 is 0 Å². The molecular formula is C11H11ClS2. The van der Waals surface area contributed by atoms with Crippen molar-refractivity contribution in [3.05, 3.63) is 28.8 Å². The largest absolute Gasteiger partial charge is 0.129 e. The van der Waals surface area contributed by atoms with Crippen LogP contribution in [0.5, 0.6) is 0 Å². The number of rotatable bonds is 2. The Kier molecular flexibility index (Phi) is 3.05. The first kappa shape index (κ1) is 10.3. The molecule has 14 heavy (non-hydrogen) atoms. The van der Waals surface area contributed by atoms with Crippen LogP contribution in [0.1, 0.15) is 12.5 Å². The maximum absolute atomic E-state index is 6.31. The molecule has 0 nitrogen and oxygen atoms in total. The molecule has 0 N–H and O–H groups in total. The molecule has 0 aliphatic heterocycles. The van der Waals surface area contributed by atoms with Crippen molar-refractivity contribution in [3.8, 4) is 0 Å². The van der Waals surface area contributed by atoms with E-state index in [1.165, 1.54) is 19.9 Å². The Bertz CT molecular complexity index is 460. The summed E-state index contributed by atoms with van der Waals surface area (Å²) in [6.07, 6.45) is 3.10. The van der Waals surface area contributed by atoms with Crippen LogP contribution in [0.15, 0.2) is 22.4 Å². The average molecular weight is 243 g/mol. The number of hydrogen-bond acceptors (Lipinski definition) is 2. The van der Waals surface area contributed by atoms with E-state index in [1.54, 1.807) is 11.8 Å². The highest BCUT2D eigenvalue weighted by Crippen LogP contribution is 2.37. The lowest BCUT2D eigenvalue weighted by molar-refractivity contribution is 1.15. The number of fused-ring (bicyclic) bond motifs is 1. The Morgan fingerprint density at radius 2 is 2.21 bits per heavy atom. The van der Waals surface area contributed by atoms with Gasteiger partial charge in [-0.2, -0.15) is 0 Å². The van der Waals surface area contributed by atoms with Gasteiger partial charge in [0.05, 0.1) is 9.23 Å². The Balaban J connectivity index is 2.68. The Morgan fingerprint density at radius 1 is 1.43 bits per heavy atom. The van der Waals surface area contributed by atoms with Crippen LogP contribution < -0.4 is 0 Å². The van der Waals surface area contributed by atoms with Gasteiger partial charge < -0.3 is 0 Å². The molecule has 0 saturated carbocycles. The molecule has 1 aromatic heterocycles. The van der Waals surface area contributed by atoms with E-state index in [4.69, 9.17) is 11.6 Å². The number of benzene rings is 1. The van der Waals surface area contributed by atoms with Crippen LogP contribution in [0, 0.1) is 0 Å². The van der Waals surface area contributed by atoms with E-state index in [2.05, 4.69) is 31.4 Å². The number of thiophene rings is 1. The summed E-state index contributed by atoms with van der Waals surface area (Å²) in [4.78, 5) is 0. The van der Waals surface area contributed by atoms with Gasteiger partial charge in [0, 0.05) is 10.1 Å². The molecule has 0 amide bonds. The SMILES string of the molecule is CCc1ccc2sc(SC)cc2c1Cl. The summed E-state index contributed by atoms with van der Waals surface area (Å²) in [7, 11) is 0. The second-order valence-corrected chi connectivity index (χ2v) is 5.64. The van der Waals surface area contributed by atoms with Gasteiger partial charge in [-0.05, 0) is 30.4 Å². The molecule has 2 rings (SSSR count). The zero-order valence-corrected chi connectivity index (χ0v) is 10.5. The van der Waals surface area contributed by atoms with Gasteiger partial charge in [-0.1, -0.05) is 24.6 Å². The quantitative estimate of drug-likeness (QED) is 0.679. The minimum atomic E-state index is 0.932. The molecule has 0 atom stereocenters. The minimum Gasteiger partial charge on any atom is -0.129 e. The van der Waals surface area contributed by atoms with E-state index in [1.807, 2.05) is 11.3 Å². The second kappa shape index (κ2) is 4.13. The zero-order chi connectivity index (χ0) is 10.1. The lowest BCUT2D eigenvalue weighted by Gasteiger charge is -2.00. The number of aryl methyl sites for hydroxylation is 1. The molecule has 0 bridgehead atoms. The van der Waals surface area contributed by atoms with Crippen molar-refractivity contribution in [1.29, 1.82) is 0 Å². The van der Waals surface area contributed by atoms with Crippen LogP contribution >= 0.6 is 34.7 Å². The third-order valence-corrected chi connectivity index (χ3v) is 4.89. The molecule has 0 unspecified atom stereocenters. The fourth-order valence-electron chi connectivity index (χ4n) is 1.47. The first-order valence-electron chi connectivity index (χ1n) is 4.51. The first-order valence-corrected chi connectivity index (χ1v) is 6.93. The van der Waals surface area contributed by atoms with Gasteiger partial charge in [0.25, 0.3) is 0 Å². The fraction of sp³-hybridized carbons (Fsp3) is 0.273. The third kappa shape index (κ3) is 1.67. The highest BCUT2D eigenvalue weighted by Gasteiger charge is 2.07. The summed E-state index contributed by atoms with van der Waals surface area (Å²) in [6.45, 7) is 2.13. The van der Waals surface area contributed by atoms with Crippen LogP contribution in [0.2, 0.25) is 5.02 Å². The predicted octanol–water partition coefficient (Wildman–Crippen LogP) is 4.84. The number of halogens is 1. The molecule has 0 saturated heterocycles. The lowest BCUT2D eigenvalue weighted by Crippen LogP contribution is -1.80. The van der Waals surface area contributed by atoms with Gasteiger partial charge in [-0.25, -0.2) is 0 Å². The van der Waals surface area contributed by atoms with Crippen LogP contribution in [-0.2, 0) is 6.42 Å². The summed E-state index contributed by atoms with van der Waals surface area (Å²) >= 11 is 9.90. The Labute approximate surface area is 97.3 Å². The van der Waals surface area contributed by atoms with Crippen LogP contribution in [0.4, 0.5) is 0 Å². The summed E-state index contributed by atoms with van der Waals surface area (Å²) in [5.74, 6) is 0. The fourth-order valence-corrected chi connectivity index (χ4v) is 3.52. The molecule has 1 heterocycles. The molecular weight excluding hydrogens is 232 g/mol. The van der Waals surface area contributed by atoms with E-state index in [0.717, 1.165) is 11.4 Å². The molecule has 3 heteroatoms. The molecule has 0 aliphatic rings. The van der Waals surface area contributed by atoms with E-state index in [-0.39, 0.29) is 0 Å². The summed E-state index contributed by atoms with van der Waals surface area (Å²) < 4.78 is 2.62. The van der Waals surface area contributed by atoms with Crippen LogP contribution in [-0.4, -0.2) is 6.26 Å². The van der Waals surface area contributed by atoms with Crippen molar-refractivity contribution in [1.82, 2.24) is 0 Å². The summed E-state index contributed by atoms with van der Waals surface area (Å²) in [6, 6.07) is 6.49. The van der Waals surface area contributed by atoms with Crippen molar-refractivity contribution in [2.45, 2.75) is 17.6 Å². The maximum Gasteiger partial charge on any atom is 0.0609 e. The van der Waals surface area contributed by atoms with Gasteiger partial charge in [0.1, 0.15) is 0 Å². The van der Waals surface area contributed by atoms with Gasteiger partial charge in [0.15, 0.2) is 0 Å². The molecule has 1 aromatic carbocycles. The van der Waals surface area contributed by atoms with Crippen molar-refractivity contribution < 1.29 is 0 Å². The van der Waals surface area contributed by atoms with Crippen molar-refractivity contribution in [2.75, 3.05) is 6.26 Å². The van der Waals surface area contributed by atoms with E-state index < -0.39 is 0 Å². The molecule has 0 fully saturated rings. The molecule has 0 aliphatic carbocycles. The standard InChI is InChI=1S/C11H11ClS2/c1-3-7-4-5-9-8(11(7)12)6-10(13-2)14-9/h4-6H,3H2,1-2H3. The van der Waals surface area contributed by atoms with Gasteiger partial charge in [-0.15, -0.1) is 23.1 Å². The lowest BCUT2D eigenvalue weighted by atomic mass is 10.1. The number of thioether (sulfide) groups is 1. The minimum absolute atomic E-state index is 0.932. The smallest absolute Gasteiger partial charge is 0.0609 e. The molecule has 0 radical (unpaired) electrons. The second-order valence-electron chi connectivity index (χ2n) is 3.07. The third-order valence-electron chi connectivity index (χ3n) is 2.27. The summed E-state index contributed by atoms with van der Waals surface area (Å²) in [5, 5.41) is 2.14. The van der Waals surface area contributed by atoms with E-state index in [9.17, 15) is 0 Å². The highest BCUT2D eigenvalue weighted by atomic mass is 35.5. The molecule has 2 aromatic rings. The van der Waals surface area contributed by atoms with Gasteiger partial charge >= 0.3 is 0 Å². The highest BCUT2D eigenvalue weighted by molar-refractivity contribution is 8.00. The van der Waals surface area contributed by atoms with Gasteiger partial charge in [0.2, 0.25) is 0 Å². The summed E-state index contributed by atoms with van der Waals surface area (Å²) in [5.41, 5.74) is 1.24.